The zero-order valence-corrected chi connectivity index (χ0v) is 41.0. The average molecular weight is 1030 g/mol. The molecule has 3 amide bonds. The summed E-state index contributed by atoms with van der Waals surface area (Å²) >= 11 is 12.8. The van der Waals surface area contributed by atoms with Crippen LogP contribution in [0.3, 0.4) is 0 Å². The quantitative estimate of drug-likeness (QED) is 0.0448. The monoisotopic (exact) mass is 1030 g/mol. The van der Waals surface area contributed by atoms with Gasteiger partial charge in [-0.15, -0.1) is 0 Å². The second-order valence-corrected chi connectivity index (χ2v) is 18.2. The predicted molar refractivity (Wildman–Crippen MR) is 258 cm³/mol. The van der Waals surface area contributed by atoms with Crippen molar-refractivity contribution >= 4 is 46.9 Å². The van der Waals surface area contributed by atoms with Gasteiger partial charge in [0, 0.05) is 31.2 Å². The van der Waals surface area contributed by atoms with Crippen molar-refractivity contribution in [1.29, 1.82) is 0 Å². The molecule has 5 aromatic rings. The first kappa shape index (κ1) is 51.9. The fraction of sp³-hybridized carbons (Fsp3) is 0.314. The molecule has 380 valence electrons. The Balaban J connectivity index is 1.14. The van der Waals surface area contributed by atoms with Gasteiger partial charge < -0.3 is 33.5 Å². The van der Waals surface area contributed by atoms with Crippen molar-refractivity contribution in [3.63, 3.8) is 0 Å². The predicted octanol–water partition coefficient (Wildman–Crippen LogP) is 9.20. The van der Waals surface area contributed by atoms with E-state index in [1.165, 1.54) is 21.9 Å². The highest BCUT2D eigenvalue weighted by Gasteiger charge is 2.50. The van der Waals surface area contributed by atoms with E-state index >= 15 is 4.79 Å². The van der Waals surface area contributed by atoms with E-state index in [1.54, 1.807) is 67.8 Å². The van der Waals surface area contributed by atoms with Gasteiger partial charge in [-0.1, -0.05) is 71.7 Å². The van der Waals surface area contributed by atoms with Gasteiger partial charge in [-0.05, 0) is 127 Å². The summed E-state index contributed by atoms with van der Waals surface area (Å²) in [6.07, 6.45) is 0.107. The molecule has 2 fully saturated rings. The minimum atomic E-state index is -1.06. The van der Waals surface area contributed by atoms with E-state index in [0.717, 1.165) is 29.5 Å². The Hall–Kier alpha value is -6.49. The molecular weight excluding hydrogens is 977 g/mol. The van der Waals surface area contributed by atoms with Gasteiger partial charge in [0.15, 0.2) is 5.75 Å². The van der Waals surface area contributed by atoms with Gasteiger partial charge in [-0.2, -0.15) is 0 Å². The van der Waals surface area contributed by atoms with Crippen LogP contribution in [0.2, 0.25) is 10.0 Å². The lowest BCUT2D eigenvalue weighted by Gasteiger charge is -2.50. The molecule has 4 N–H and O–H groups in total. The Labute approximate surface area is 424 Å². The lowest BCUT2D eigenvalue weighted by Crippen LogP contribution is -2.66. The summed E-state index contributed by atoms with van der Waals surface area (Å²) in [6.45, 7) is 3.69. The topological polar surface area (TPSA) is 213 Å². The number of piperazine rings is 1. The van der Waals surface area contributed by atoms with Crippen LogP contribution in [0.5, 0.6) is 28.7 Å². The van der Waals surface area contributed by atoms with Gasteiger partial charge in [0.05, 0.1) is 53.2 Å². The van der Waals surface area contributed by atoms with Crippen molar-refractivity contribution in [2.75, 3.05) is 33.4 Å². The first-order valence-corrected chi connectivity index (χ1v) is 23.6. The van der Waals surface area contributed by atoms with Crippen LogP contribution in [-0.2, 0) is 34.2 Å². The van der Waals surface area contributed by atoms with Crippen molar-refractivity contribution in [3.8, 4) is 28.7 Å². The zero-order chi connectivity index (χ0) is 51.1. The van der Waals surface area contributed by atoms with Crippen LogP contribution >= 0.6 is 23.2 Å². The van der Waals surface area contributed by atoms with Crippen LogP contribution in [0.1, 0.15) is 52.6 Å². The molecule has 2 heterocycles. The van der Waals surface area contributed by atoms with E-state index in [9.17, 15) is 9.59 Å². The molecule has 0 spiro atoms. The Bertz CT molecular complexity index is 2770. The van der Waals surface area contributed by atoms with Crippen LogP contribution in [0.4, 0.5) is 9.59 Å². The molecule has 0 aromatic heterocycles. The largest absolute Gasteiger partial charge is 0.496 e. The van der Waals surface area contributed by atoms with Crippen molar-refractivity contribution < 1.29 is 68.6 Å². The van der Waals surface area contributed by atoms with Crippen molar-refractivity contribution in [2.24, 2.45) is 0 Å². The third-order valence-electron chi connectivity index (χ3n) is 12.3. The average Bonchev–Trinajstić information content (AvgIpc) is 4.19. The summed E-state index contributed by atoms with van der Waals surface area (Å²) in [7, 11) is 1.60. The van der Waals surface area contributed by atoms with Crippen molar-refractivity contribution in [3.05, 3.63) is 152 Å². The van der Waals surface area contributed by atoms with Gasteiger partial charge in [-0.25, -0.2) is 19.3 Å². The van der Waals surface area contributed by atoms with Gasteiger partial charge in [0.1, 0.15) is 36.2 Å². The maximum absolute atomic E-state index is 15.7. The number of fused-ring (bicyclic) bond motifs is 2. The van der Waals surface area contributed by atoms with Gasteiger partial charge in [-0.3, -0.25) is 30.5 Å². The molecule has 5 aromatic carbocycles. The molecule has 1 aliphatic carbocycles. The smallest absolute Gasteiger partial charge is 0.416 e. The van der Waals surface area contributed by atoms with E-state index < -0.39 is 35.0 Å². The first-order valence-electron chi connectivity index (χ1n) is 22.9. The number of hydrogen-bond acceptors (Lipinski definition) is 16. The number of nitrogens with zero attached hydrogens (tertiary/aromatic N) is 5. The second-order valence-electron chi connectivity index (χ2n) is 17.4. The SMILES string of the molecule is COc1ccc(CN(C(=O)C2=C(c3ccc(OCCOc4c(Cl)cc(C)cc4Cl)cc3)CC3CN(C(=O)Oc4cccc(CON(O)O)c4)CC2N3C(=O)Oc2cccc(CON(O)O)c2)C2CC2)cc1C. The molecule has 2 atom stereocenters. The molecule has 2 bridgehead atoms. The zero-order valence-electron chi connectivity index (χ0n) is 39.5. The molecule has 2 unspecified atom stereocenters. The molecule has 2 aliphatic heterocycles. The summed E-state index contributed by atoms with van der Waals surface area (Å²) < 4.78 is 29.3. The molecule has 1 saturated heterocycles. The minimum absolute atomic E-state index is 0.0213. The number of carbonyl (C=O) groups is 3. The third-order valence-corrected chi connectivity index (χ3v) is 12.8. The third kappa shape index (κ3) is 12.9. The molecule has 72 heavy (non-hydrogen) atoms. The number of hydrogen-bond donors (Lipinski definition) is 4. The summed E-state index contributed by atoms with van der Waals surface area (Å²) in [5.74, 6) is 1.54. The van der Waals surface area contributed by atoms with Crippen LogP contribution in [0.25, 0.3) is 5.57 Å². The standard InChI is InChI=1S/C51H53Cl2N5O14/c1-31-20-43(52)48(44(53)21-31)68-19-18-67-39-15-11-36(12-16-39)42-25-38-27-54(50(60)71-40-8-4-6-34(23-40)29-69-57(62)63)28-45(56(38)51(61)72-41-9-5-7-35(24-41)30-70-58(64)65)47(42)49(59)55(37-13-14-37)26-33-10-17-46(66-3)32(2)22-33/h4-12,15-17,20-24,37-38,45,62-65H,13-14,18-19,25-30H2,1-3H3. The minimum Gasteiger partial charge on any atom is -0.496 e. The van der Waals surface area contributed by atoms with E-state index in [-0.39, 0.29) is 81.5 Å². The van der Waals surface area contributed by atoms with E-state index in [4.69, 9.17) is 77.4 Å². The van der Waals surface area contributed by atoms with Crippen LogP contribution in [-0.4, -0.2) is 116 Å². The number of ether oxygens (including phenoxy) is 5. The summed E-state index contributed by atoms with van der Waals surface area (Å²) in [6, 6.07) is 27.3. The number of amides is 3. The van der Waals surface area contributed by atoms with E-state index in [0.29, 0.717) is 49.6 Å². The number of aryl methyl sites for hydroxylation is 2. The number of carbonyl (C=O) groups excluding carboxylic acids is 3. The maximum atomic E-state index is 15.7. The van der Waals surface area contributed by atoms with Crippen LogP contribution in [0, 0.1) is 13.8 Å². The normalized spacial score (nSPS) is 16.5. The Kier molecular flexibility index (Phi) is 16.8. The maximum Gasteiger partial charge on any atom is 0.416 e. The molecule has 1 saturated carbocycles. The van der Waals surface area contributed by atoms with Crippen molar-refractivity contribution in [1.82, 2.24) is 25.5 Å². The molecule has 8 rings (SSSR count). The highest BCUT2D eigenvalue weighted by molar-refractivity contribution is 6.37. The van der Waals surface area contributed by atoms with Gasteiger partial charge >= 0.3 is 12.2 Å². The Morgan fingerprint density at radius 1 is 0.694 bits per heavy atom. The van der Waals surface area contributed by atoms with Gasteiger partial charge in [0.25, 0.3) is 5.91 Å². The second kappa shape index (κ2) is 23.4. The lowest BCUT2D eigenvalue weighted by atomic mass is 9.81. The first-order chi connectivity index (χ1) is 34.6. The summed E-state index contributed by atoms with van der Waals surface area (Å²) in [5, 5.41) is 36.3. The molecule has 0 radical (unpaired) electrons. The van der Waals surface area contributed by atoms with E-state index in [2.05, 4.69) is 0 Å². The van der Waals surface area contributed by atoms with Gasteiger partial charge in [0.2, 0.25) is 0 Å². The highest BCUT2D eigenvalue weighted by atomic mass is 35.5. The molecular formula is C51H53Cl2N5O14. The Morgan fingerprint density at radius 3 is 1.89 bits per heavy atom. The fourth-order valence-electron chi connectivity index (χ4n) is 8.88. The summed E-state index contributed by atoms with van der Waals surface area (Å²) in [5.41, 5.74) is 5.25. The highest BCUT2D eigenvalue weighted by Crippen LogP contribution is 2.42. The number of benzene rings is 5. The molecule has 3 aliphatic rings. The number of rotatable bonds is 19. The molecule has 19 nitrogen and oxygen atoms in total. The summed E-state index contributed by atoms with van der Waals surface area (Å²) in [4.78, 5) is 58.9. The Morgan fingerprint density at radius 2 is 1.31 bits per heavy atom. The lowest BCUT2D eigenvalue weighted by molar-refractivity contribution is -0.497. The molecule has 21 heteroatoms. The number of halogens is 2. The van der Waals surface area contributed by atoms with Crippen LogP contribution < -0.4 is 23.7 Å². The van der Waals surface area contributed by atoms with Crippen LogP contribution in [0.15, 0.2) is 109 Å². The van der Waals surface area contributed by atoms with Crippen molar-refractivity contribution in [2.45, 2.75) is 71.0 Å². The fourth-order valence-corrected chi connectivity index (χ4v) is 9.59. The van der Waals surface area contributed by atoms with E-state index in [1.807, 2.05) is 49.1 Å². The number of methoxy groups -OCH3 is 1.